The highest BCUT2D eigenvalue weighted by molar-refractivity contribution is 6.13. The molecule has 312 valence electrons. The molecule has 3 heteroatoms. The maximum absolute atomic E-state index is 6.38. The molecular weight excluding hydrogens is 803 g/mol. The molecule has 0 radical (unpaired) electrons. The molecule has 0 spiro atoms. The molecule has 3 heterocycles. The van der Waals surface area contributed by atoms with Crippen molar-refractivity contribution in [3.63, 3.8) is 0 Å². The van der Waals surface area contributed by atoms with E-state index in [0.29, 0.717) is 0 Å². The van der Waals surface area contributed by atoms with Gasteiger partial charge in [-0.15, -0.1) is 0 Å². The van der Waals surface area contributed by atoms with Crippen molar-refractivity contribution in [1.29, 1.82) is 0 Å². The van der Waals surface area contributed by atoms with Gasteiger partial charge < -0.3 is 13.4 Å². The summed E-state index contributed by atoms with van der Waals surface area (Å²) in [5, 5.41) is 7.09. The zero-order valence-corrected chi connectivity index (χ0v) is 36.6. The van der Waals surface area contributed by atoms with E-state index in [1.54, 1.807) is 0 Å². The lowest BCUT2D eigenvalue weighted by atomic mass is 9.72. The SMILES string of the molecule is CC1(C)c2c(ccc3c4cc(-c5ccc6oc7ccc(-c8ccccc8)cc7c6c5)ccc4n(-c4ccccc4)c23)C2C=CC(c3ccc4oc5ccc(-c6ccccc6)cc5c4c3)=CC21. The molecule has 2 aliphatic carbocycles. The second-order valence-corrected chi connectivity index (χ2v) is 18.9. The van der Waals surface area contributed by atoms with E-state index in [2.05, 4.69) is 231 Å². The van der Waals surface area contributed by atoms with Crippen LogP contribution in [0.2, 0.25) is 0 Å². The Bertz CT molecular complexity index is 4010. The van der Waals surface area contributed by atoms with Gasteiger partial charge in [-0.1, -0.05) is 153 Å². The minimum atomic E-state index is -0.164. The Morgan fingerprint density at radius 2 is 0.894 bits per heavy atom. The Labute approximate surface area is 382 Å². The summed E-state index contributed by atoms with van der Waals surface area (Å²) in [5.74, 6) is 0.545. The van der Waals surface area contributed by atoms with Gasteiger partial charge in [0.2, 0.25) is 0 Å². The molecule has 3 aromatic heterocycles. The Morgan fingerprint density at radius 3 is 1.45 bits per heavy atom. The van der Waals surface area contributed by atoms with Gasteiger partial charge >= 0.3 is 0 Å². The quantitative estimate of drug-likeness (QED) is 0.173. The smallest absolute Gasteiger partial charge is 0.135 e. The number of hydrogen-bond acceptors (Lipinski definition) is 2. The standard InChI is InChI=1S/C63H43NO2/c1-63(2)55-37-45(44-23-31-60-54(36-44)52-34-41(21-29-58(52)66-60)39-14-8-4-9-15-39)18-24-47(55)48-25-26-49-50-32-42(19-27-56(50)64(62(49)61(48)63)46-16-10-5-11-17-46)43-22-30-59-53(35-43)51-33-40(20-28-57(51)65-59)38-12-6-3-7-13-38/h3-37,47,55H,1-2H3. The van der Waals surface area contributed by atoms with Crippen LogP contribution in [0.25, 0.3) is 110 Å². The number of benzene rings is 9. The number of allylic oxidation sites excluding steroid dienone is 4. The zero-order chi connectivity index (χ0) is 43.7. The van der Waals surface area contributed by atoms with Gasteiger partial charge in [0.1, 0.15) is 22.3 Å². The first-order valence-electron chi connectivity index (χ1n) is 23.1. The van der Waals surface area contributed by atoms with Gasteiger partial charge in [-0.05, 0) is 140 Å². The van der Waals surface area contributed by atoms with Crippen molar-refractivity contribution in [3.8, 4) is 39.1 Å². The molecule has 2 atom stereocenters. The molecule has 66 heavy (non-hydrogen) atoms. The number of para-hydroxylation sites is 1. The molecule has 0 N–H and O–H groups in total. The second-order valence-electron chi connectivity index (χ2n) is 18.9. The normalized spacial score (nSPS) is 16.5. The minimum absolute atomic E-state index is 0.164. The number of rotatable bonds is 5. The zero-order valence-electron chi connectivity index (χ0n) is 36.6. The summed E-state index contributed by atoms with van der Waals surface area (Å²) >= 11 is 0. The Balaban J connectivity index is 0.891. The van der Waals surface area contributed by atoms with E-state index >= 15 is 0 Å². The molecule has 14 rings (SSSR count). The highest BCUT2D eigenvalue weighted by atomic mass is 16.3. The second kappa shape index (κ2) is 13.9. The molecule has 2 unspecified atom stereocenters. The molecule has 0 saturated carbocycles. The van der Waals surface area contributed by atoms with E-state index < -0.39 is 0 Å². The van der Waals surface area contributed by atoms with Crippen LogP contribution < -0.4 is 0 Å². The number of furan rings is 2. The average molecular weight is 846 g/mol. The van der Waals surface area contributed by atoms with Gasteiger partial charge in [-0.25, -0.2) is 0 Å². The summed E-state index contributed by atoms with van der Waals surface area (Å²) in [4.78, 5) is 0. The predicted octanol–water partition coefficient (Wildman–Crippen LogP) is 17.2. The van der Waals surface area contributed by atoms with Crippen LogP contribution in [-0.4, -0.2) is 4.57 Å². The average Bonchev–Trinajstić information content (AvgIpc) is 4.09. The number of hydrogen-bond donors (Lipinski definition) is 0. The van der Waals surface area contributed by atoms with Crippen molar-refractivity contribution in [2.75, 3.05) is 0 Å². The first-order valence-corrected chi connectivity index (χ1v) is 23.1. The van der Waals surface area contributed by atoms with Gasteiger partial charge in [-0.3, -0.25) is 0 Å². The fourth-order valence-corrected chi connectivity index (χ4v) is 11.6. The fourth-order valence-electron chi connectivity index (χ4n) is 11.6. The van der Waals surface area contributed by atoms with Crippen molar-refractivity contribution in [1.82, 2.24) is 4.57 Å². The largest absolute Gasteiger partial charge is 0.456 e. The van der Waals surface area contributed by atoms with Gasteiger partial charge in [0, 0.05) is 43.9 Å². The first kappa shape index (κ1) is 37.3. The monoisotopic (exact) mass is 845 g/mol. The van der Waals surface area contributed by atoms with E-state index in [0.717, 1.165) is 43.9 Å². The van der Waals surface area contributed by atoms with Gasteiger partial charge in [0.05, 0.1) is 11.0 Å². The predicted molar refractivity (Wildman–Crippen MR) is 274 cm³/mol. The summed E-state index contributed by atoms with van der Waals surface area (Å²) in [5.41, 5.74) is 19.6. The summed E-state index contributed by atoms with van der Waals surface area (Å²) in [6, 6.07) is 70.4. The van der Waals surface area contributed by atoms with Crippen molar-refractivity contribution in [2.24, 2.45) is 5.92 Å². The first-order chi connectivity index (χ1) is 32.4. The molecule has 3 nitrogen and oxygen atoms in total. The Hall–Kier alpha value is -8.14. The lowest BCUT2D eigenvalue weighted by molar-refractivity contribution is 0.397. The van der Waals surface area contributed by atoms with Crippen molar-refractivity contribution in [3.05, 3.63) is 229 Å². The summed E-state index contributed by atoms with van der Waals surface area (Å²) < 4.78 is 15.3. The molecule has 12 aromatic rings. The van der Waals surface area contributed by atoms with E-state index in [1.807, 2.05) is 0 Å². The molecule has 0 amide bonds. The third-order valence-electron chi connectivity index (χ3n) is 14.9. The van der Waals surface area contributed by atoms with E-state index in [-0.39, 0.29) is 17.3 Å². The van der Waals surface area contributed by atoms with Gasteiger partial charge in [0.15, 0.2) is 0 Å². The number of fused-ring (bicyclic) bond motifs is 13. The van der Waals surface area contributed by atoms with E-state index in [9.17, 15) is 0 Å². The van der Waals surface area contributed by atoms with Gasteiger partial charge in [-0.2, -0.15) is 0 Å². The van der Waals surface area contributed by atoms with E-state index in [4.69, 9.17) is 8.83 Å². The topological polar surface area (TPSA) is 31.2 Å². The lowest BCUT2D eigenvalue weighted by Crippen LogP contribution is -2.25. The maximum Gasteiger partial charge on any atom is 0.135 e. The van der Waals surface area contributed by atoms with Crippen molar-refractivity contribution >= 4 is 71.3 Å². The van der Waals surface area contributed by atoms with Crippen molar-refractivity contribution in [2.45, 2.75) is 25.2 Å². The summed E-state index contributed by atoms with van der Waals surface area (Å²) in [6.07, 6.45) is 7.38. The van der Waals surface area contributed by atoms with Crippen LogP contribution in [0.3, 0.4) is 0 Å². The highest BCUT2D eigenvalue weighted by Gasteiger charge is 2.47. The minimum Gasteiger partial charge on any atom is -0.456 e. The maximum atomic E-state index is 6.38. The van der Waals surface area contributed by atoms with Crippen LogP contribution >= 0.6 is 0 Å². The molecule has 0 bridgehead atoms. The molecule has 0 fully saturated rings. The van der Waals surface area contributed by atoms with Crippen LogP contribution in [0.15, 0.2) is 221 Å². The van der Waals surface area contributed by atoms with Crippen LogP contribution in [0.4, 0.5) is 0 Å². The molecule has 0 saturated heterocycles. The van der Waals surface area contributed by atoms with Crippen LogP contribution in [-0.2, 0) is 5.41 Å². The van der Waals surface area contributed by atoms with Gasteiger partial charge in [0.25, 0.3) is 0 Å². The molecule has 2 aliphatic rings. The Morgan fingerprint density at radius 1 is 0.424 bits per heavy atom. The van der Waals surface area contributed by atoms with Crippen LogP contribution in [0.5, 0.6) is 0 Å². The highest BCUT2D eigenvalue weighted by Crippen LogP contribution is 2.57. The third-order valence-corrected chi connectivity index (χ3v) is 14.9. The third kappa shape index (κ3) is 5.50. The summed E-state index contributed by atoms with van der Waals surface area (Å²) in [7, 11) is 0. The molecule has 9 aromatic carbocycles. The number of nitrogens with zero attached hydrogens (tertiary/aromatic N) is 1. The lowest BCUT2D eigenvalue weighted by Gasteiger charge is -2.31. The Kier molecular flexibility index (Phi) is 7.86. The van der Waals surface area contributed by atoms with Crippen molar-refractivity contribution < 1.29 is 8.83 Å². The van der Waals surface area contributed by atoms with E-state index in [1.165, 1.54) is 83.1 Å². The molecule has 0 aliphatic heterocycles. The van der Waals surface area contributed by atoms with Crippen LogP contribution in [0.1, 0.15) is 36.5 Å². The molecular formula is C63H43NO2. The fraction of sp³-hybridized carbons (Fsp3) is 0.0794. The summed E-state index contributed by atoms with van der Waals surface area (Å²) in [6.45, 7) is 4.93. The number of aromatic nitrogens is 1. The van der Waals surface area contributed by atoms with Crippen LogP contribution in [0, 0.1) is 5.92 Å².